The Bertz CT molecular complexity index is 951. The summed E-state index contributed by atoms with van der Waals surface area (Å²) in [4.78, 5) is 23.7. The first kappa shape index (κ1) is 40.2. The van der Waals surface area contributed by atoms with Crippen LogP contribution >= 0.6 is 0 Å². The van der Waals surface area contributed by atoms with E-state index in [1.165, 1.54) is 0 Å². The zero-order valence-corrected chi connectivity index (χ0v) is 26.5. The lowest BCUT2D eigenvalue weighted by molar-refractivity contribution is -0.340. The number of unbranched alkanes of at least 4 members (excludes halogenated alkanes) is 1. The Kier molecular flexibility index (Phi) is 16.4. The van der Waals surface area contributed by atoms with Crippen molar-refractivity contribution in [3.05, 3.63) is 0 Å². The first-order valence-corrected chi connectivity index (χ1v) is 16.2. The lowest BCUT2D eigenvalue weighted by Gasteiger charge is -2.46. The molecule has 0 unspecified atom stereocenters. The zero-order chi connectivity index (χ0) is 34.8. The van der Waals surface area contributed by atoms with Crippen molar-refractivity contribution in [2.45, 2.75) is 144 Å². The fourth-order valence-electron chi connectivity index (χ4n) is 5.95. The van der Waals surface area contributed by atoms with E-state index in [9.17, 15) is 60.7 Å². The fourth-order valence-corrected chi connectivity index (χ4v) is 5.95. The molecule has 0 aromatic rings. The van der Waals surface area contributed by atoms with Gasteiger partial charge in [0, 0.05) is 38.2 Å². The van der Waals surface area contributed by atoms with E-state index >= 15 is 0 Å². The van der Waals surface area contributed by atoms with Crippen molar-refractivity contribution < 1.29 is 84.3 Å². The Morgan fingerprint density at radius 1 is 0.638 bits per heavy atom. The monoisotopic (exact) mass is 684 g/mol. The molecular formula is C30H52O17. The Hall–Kier alpha value is -1.26. The average molecular weight is 685 g/mol. The van der Waals surface area contributed by atoms with Crippen LogP contribution in [0.1, 0.15) is 58.3 Å². The minimum Gasteiger partial charge on any atom is -0.396 e. The highest BCUT2D eigenvalue weighted by Crippen LogP contribution is 2.33. The molecule has 2 aliphatic heterocycles. The van der Waals surface area contributed by atoms with Gasteiger partial charge in [-0.05, 0) is 25.7 Å². The number of ketones is 2. The van der Waals surface area contributed by atoms with Gasteiger partial charge in [0.15, 0.2) is 12.6 Å². The smallest absolute Gasteiger partial charge is 0.186 e. The van der Waals surface area contributed by atoms with E-state index in [0.717, 1.165) is 0 Å². The van der Waals surface area contributed by atoms with Gasteiger partial charge in [-0.2, -0.15) is 0 Å². The predicted octanol–water partition coefficient (Wildman–Crippen LogP) is -4.00. The molecule has 1 saturated carbocycles. The van der Waals surface area contributed by atoms with Crippen LogP contribution in [-0.2, 0) is 33.3 Å². The van der Waals surface area contributed by atoms with Crippen LogP contribution in [0.2, 0.25) is 0 Å². The largest absolute Gasteiger partial charge is 0.396 e. The van der Waals surface area contributed by atoms with E-state index in [2.05, 4.69) is 0 Å². The fraction of sp³-hybridized carbons (Fsp3) is 0.933. The first-order chi connectivity index (χ1) is 22.3. The van der Waals surface area contributed by atoms with Crippen molar-refractivity contribution in [3.8, 4) is 0 Å². The molecule has 2 saturated heterocycles. The Morgan fingerprint density at radius 3 is 1.87 bits per heavy atom. The number of carbonyl (C=O) groups excluding carboxylic acids is 2. The molecule has 2 heterocycles. The Morgan fingerprint density at radius 2 is 1.23 bits per heavy atom. The molecule has 47 heavy (non-hydrogen) atoms. The van der Waals surface area contributed by atoms with Crippen molar-refractivity contribution in [2.75, 3.05) is 26.4 Å². The Balaban J connectivity index is 1.65. The molecule has 17 nitrogen and oxygen atoms in total. The van der Waals surface area contributed by atoms with Crippen LogP contribution in [0.5, 0.6) is 0 Å². The molecule has 0 aromatic heterocycles. The maximum absolute atomic E-state index is 12.3. The van der Waals surface area contributed by atoms with Crippen LogP contribution in [0.15, 0.2) is 0 Å². The van der Waals surface area contributed by atoms with Gasteiger partial charge in [-0.3, -0.25) is 9.59 Å². The number of rotatable bonds is 18. The van der Waals surface area contributed by atoms with Gasteiger partial charge in [0.1, 0.15) is 72.6 Å². The number of aliphatic hydroxyl groups excluding tert-OH is 10. The minimum atomic E-state index is -1.75. The number of hydrogen-bond acceptors (Lipinski definition) is 17. The van der Waals surface area contributed by atoms with Crippen LogP contribution in [-0.4, -0.2) is 175 Å². The molecule has 0 bridgehead atoms. The van der Waals surface area contributed by atoms with Gasteiger partial charge >= 0.3 is 0 Å². The van der Waals surface area contributed by atoms with Gasteiger partial charge in [0.25, 0.3) is 0 Å². The standard InChI is InChI=1S/C30H52O17/c1-2-15(33)6-3-4-7-16(34)8-5-9-43-30-27(42)28(45-17-10-14(11-31)20(35)24(39)21(17)36)23(38)19(47-30)13-44-29-26(41)25(40)22(37)18(12-32)46-29/h14,17-32,35-42H,2-13H2,1H3/t14-,17+,18-,19-,20-,21-,22-,23-,24+,25+,26+,27+,28+,29+,30+/m1/s1. The quantitative estimate of drug-likeness (QED) is 0.0616. The molecule has 3 rings (SSSR count). The van der Waals surface area contributed by atoms with Gasteiger partial charge in [-0.25, -0.2) is 0 Å². The van der Waals surface area contributed by atoms with E-state index < -0.39 is 112 Å². The molecule has 0 aromatic carbocycles. The topological polar surface area (TPSA) is 283 Å². The molecule has 0 amide bonds. The summed E-state index contributed by atoms with van der Waals surface area (Å²) in [5.74, 6) is -0.772. The van der Waals surface area contributed by atoms with E-state index in [1.54, 1.807) is 6.92 Å². The summed E-state index contributed by atoms with van der Waals surface area (Å²) < 4.78 is 28.2. The van der Waals surface area contributed by atoms with Gasteiger partial charge < -0.3 is 74.7 Å². The summed E-state index contributed by atoms with van der Waals surface area (Å²) in [7, 11) is 0. The first-order valence-electron chi connectivity index (χ1n) is 16.2. The molecule has 3 aliphatic rings. The molecule has 17 heteroatoms. The van der Waals surface area contributed by atoms with Crippen molar-refractivity contribution in [1.82, 2.24) is 0 Å². The van der Waals surface area contributed by atoms with Gasteiger partial charge in [-0.15, -0.1) is 0 Å². The highest BCUT2D eigenvalue weighted by atomic mass is 16.7. The minimum absolute atomic E-state index is 0.0319. The highest BCUT2D eigenvalue weighted by Gasteiger charge is 2.51. The molecule has 0 spiro atoms. The maximum Gasteiger partial charge on any atom is 0.186 e. The van der Waals surface area contributed by atoms with Gasteiger partial charge in [-0.1, -0.05) is 6.92 Å². The second-order valence-electron chi connectivity index (χ2n) is 12.5. The van der Waals surface area contributed by atoms with Crippen LogP contribution < -0.4 is 0 Å². The lowest BCUT2D eigenvalue weighted by atomic mass is 9.81. The predicted molar refractivity (Wildman–Crippen MR) is 156 cm³/mol. The van der Waals surface area contributed by atoms with Crippen LogP contribution in [0.4, 0.5) is 0 Å². The van der Waals surface area contributed by atoms with Gasteiger partial charge in [0.05, 0.1) is 32.0 Å². The van der Waals surface area contributed by atoms with Crippen molar-refractivity contribution >= 4 is 11.6 Å². The SMILES string of the molecule is CCC(=O)CCCCC(=O)CCCO[C@H]1O[C@H](CO[C@H]2O[C@H](CO)[C@@H](O)[C@H](O)[C@@H]2O)[C@@H](O)[C@H](O[C@H]2C[C@H](CO)[C@@H](O)[C@H](O)[C@@H]2O)[C@@H]1O. The number of hydrogen-bond donors (Lipinski definition) is 10. The van der Waals surface area contributed by atoms with E-state index in [1.807, 2.05) is 0 Å². The molecule has 15 atom stereocenters. The Labute approximate surface area is 272 Å². The number of Topliss-reactive ketones (excluding diaryl/α,β-unsaturated/α-hetero) is 2. The average Bonchev–Trinajstić information content (AvgIpc) is 3.06. The summed E-state index contributed by atoms with van der Waals surface area (Å²) in [6.07, 6.45) is -19.0. The third-order valence-corrected chi connectivity index (χ3v) is 9.02. The number of carbonyl (C=O) groups is 2. The van der Waals surface area contributed by atoms with E-state index in [0.29, 0.717) is 32.1 Å². The molecular weight excluding hydrogens is 632 g/mol. The zero-order valence-electron chi connectivity index (χ0n) is 26.5. The highest BCUT2D eigenvalue weighted by molar-refractivity contribution is 5.79. The summed E-state index contributed by atoms with van der Waals surface area (Å²) in [5, 5.41) is 103. The summed E-state index contributed by atoms with van der Waals surface area (Å²) >= 11 is 0. The maximum atomic E-state index is 12.3. The number of ether oxygens (including phenoxy) is 5. The van der Waals surface area contributed by atoms with Gasteiger partial charge in [0.2, 0.25) is 0 Å². The molecule has 274 valence electrons. The third kappa shape index (κ3) is 10.6. The van der Waals surface area contributed by atoms with E-state index in [-0.39, 0.29) is 37.4 Å². The summed E-state index contributed by atoms with van der Waals surface area (Å²) in [5.41, 5.74) is 0. The normalized spacial score (nSPS) is 41.1. The van der Waals surface area contributed by atoms with Crippen molar-refractivity contribution in [3.63, 3.8) is 0 Å². The molecule has 3 fully saturated rings. The number of aliphatic hydroxyl groups is 10. The van der Waals surface area contributed by atoms with E-state index in [4.69, 9.17) is 23.7 Å². The second-order valence-corrected chi connectivity index (χ2v) is 12.5. The second kappa shape index (κ2) is 19.2. The van der Waals surface area contributed by atoms with Crippen LogP contribution in [0, 0.1) is 5.92 Å². The molecule has 1 aliphatic carbocycles. The van der Waals surface area contributed by atoms with Crippen LogP contribution in [0.25, 0.3) is 0 Å². The molecule has 10 N–H and O–H groups in total. The van der Waals surface area contributed by atoms with Crippen molar-refractivity contribution in [1.29, 1.82) is 0 Å². The molecule has 0 radical (unpaired) electrons. The summed E-state index contributed by atoms with van der Waals surface area (Å²) in [6, 6.07) is 0. The lowest BCUT2D eigenvalue weighted by Crippen LogP contribution is -2.64. The third-order valence-electron chi connectivity index (χ3n) is 9.02. The van der Waals surface area contributed by atoms with Crippen molar-refractivity contribution in [2.24, 2.45) is 5.92 Å². The van der Waals surface area contributed by atoms with Crippen LogP contribution in [0.3, 0.4) is 0 Å². The summed E-state index contributed by atoms with van der Waals surface area (Å²) in [6.45, 7) is -0.0733.